The van der Waals surface area contributed by atoms with Crippen LogP contribution >= 0.6 is 11.6 Å². The lowest BCUT2D eigenvalue weighted by Gasteiger charge is -2.22. The summed E-state index contributed by atoms with van der Waals surface area (Å²) >= 11 is 5.82. The Hall–Kier alpha value is -1.71. The maximum Gasteiger partial charge on any atom is 0.242 e. The molecule has 32 heavy (non-hydrogen) atoms. The van der Waals surface area contributed by atoms with Gasteiger partial charge in [-0.2, -0.15) is 0 Å². The van der Waals surface area contributed by atoms with Crippen LogP contribution in [0.3, 0.4) is 0 Å². The minimum Gasteiger partial charge on any atom is -0.354 e. The first-order valence-corrected chi connectivity index (χ1v) is 13.0. The Morgan fingerprint density at radius 3 is 2.44 bits per heavy atom. The summed E-state index contributed by atoms with van der Waals surface area (Å²) in [5.41, 5.74) is 0. The van der Waals surface area contributed by atoms with E-state index in [-0.39, 0.29) is 40.1 Å². The molecule has 1 fully saturated rings. The molecule has 1 atom stereocenters. The van der Waals surface area contributed by atoms with E-state index in [2.05, 4.69) is 15.4 Å². The van der Waals surface area contributed by atoms with Gasteiger partial charge in [0.25, 0.3) is 0 Å². The normalized spacial score (nSPS) is 15.7. The fourth-order valence-electron chi connectivity index (χ4n) is 3.74. The topological polar surface area (TPSA) is 104 Å². The van der Waals surface area contributed by atoms with Crippen molar-refractivity contribution >= 4 is 33.4 Å². The summed E-state index contributed by atoms with van der Waals surface area (Å²) in [5.74, 6) is -0.622. The highest BCUT2D eigenvalue weighted by Crippen LogP contribution is 2.25. The fraction of sp³-hybridized carbons (Fsp3) is 0.636. The van der Waals surface area contributed by atoms with Crippen LogP contribution in [0.5, 0.6) is 0 Å². The summed E-state index contributed by atoms with van der Waals surface area (Å²) in [4.78, 5) is 24.8. The number of halogens is 2. The van der Waals surface area contributed by atoms with Crippen LogP contribution < -0.4 is 15.4 Å². The van der Waals surface area contributed by atoms with Crippen molar-refractivity contribution in [1.29, 1.82) is 0 Å². The van der Waals surface area contributed by atoms with Crippen molar-refractivity contribution in [2.75, 3.05) is 13.1 Å². The van der Waals surface area contributed by atoms with Crippen LogP contribution in [0, 0.1) is 17.7 Å². The van der Waals surface area contributed by atoms with Crippen molar-refractivity contribution in [2.24, 2.45) is 11.8 Å². The van der Waals surface area contributed by atoms with Gasteiger partial charge in [0.15, 0.2) is 0 Å². The molecule has 2 rings (SSSR count). The molecule has 10 heteroatoms. The van der Waals surface area contributed by atoms with Gasteiger partial charge in [-0.05, 0) is 56.2 Å². The molecule has 1 unspecified atom stereocenters. The summed E-state index contributed by atoms with van der Waals surface area (Å²) in [5, 5.41) is 5.56. The molecule has 1 aliphatic carbocycles. The monoisotopic (exact) mass is 489 g/mol. The minimum atomic E-state index is -3.84. The second-order valence-electron chi connectivity index (χ2n) is 8.64. The van der Waals surface area contributed by atoms with Crippen molar-refractivity contribution in [3.05, 3.63) is 29.0 Å². The number of sulfonamides is 1. The van der Waals surface area contributed by atoms with E-state index in [0.29, 0.717) is 25.8 Å². The van der Waals surface area contributed by atoms with E-state index in [1.807, 2.05) is 13.8 Å². The van der Waals surface area contributed by atoms with E-state index < -0.39 is 21.9 Å². The molecule has 0 aromatic heterocycles. The number of amides is 2. The zero-order valence-corrected chi connectivity index (χ0v) is 20.2. The number of hydrogen-bond donors (Lipinski definition) is 3. The van der Waals surface area contributed by atoms with Crippen LogP contribution in [0.1, 0.15) is 58.8 Å². The maximum absolute atomic E-state index is 13.1. The Kier molecular flexibility index (Phi) is 10.4. The quantitative estimate of drug-likeness (QED) is 0.391. The van der Waals surface area contributed by atoms with Gasteiger partial charge in [-0.15, -0.1) is 0 Å². The average Bonchev–Trinajstić information content (AvgIpc) is 3.24. The lowest BCUT2D eigenvalue weighted by atomic mass is 10.0. The van der Waals surface area contributed by atoms with Gasteiger partial charge in [-0.25, -0.2) is 17.5 Å². The van der Waals surface area contributed by atoms with Crippen molar-refractivity contribution in [3.8, 4) is 0 Å². The Morgan fingerprint density at radius 1 is 1.16 bits per heavy atom. The van der Waals surface area contributed by atoms with E-state index in [0.717, 1.165) is 43.9 Å². The number of hydrogen-bond acceptors (Lipinski definition) is 4. The standard InChI is InChI=1S/C22H33ClFN3O4S/c1-15(2)13-19(27-21(28)16-7-3-4-8-16)22(29)25-11-5-6-12-26-32(30,31)20-10-9-17(24)14-18(20)23/h9-10,14-16,19,26H,3-8,11-13H2,1-2H3,(H,25,29)(H,27,28). The van der Waals surface area contributed by atoms with Gasteiger partial charge in [-0.3, -0.25) is 9.59 Å². The number of rotatable bonds is 12. The molecule has 1 aromatic rings. The SMILES string of the molecule is CC(C)CC(NC(=O)C1CCCC1)C(=O)NCCCCNS(=O)(=O)c1ccc(F)cc1Cl. The van der Waals surface area contributed by atoms with Gasteiger partial charge in [0.2, 0.25) is 21.8 Å². The van der Waals surface area contributed by atoms with Crippen LogP contribution in [-0.2, 0) is 19.6 Å². The smallest absolute Gasteiger partial charge is 0.242 e. The summed E-state index contributed by atoms with van der Waals surface area (Å²) in [7, 11) is -3.84. The Bertz CT molecular complexity index is 889. The molecule has 0 bridgehead atoms. The predicted molar refractivity (Wildman–Crippen MR) is 122 cm³/mol. The number of carbonyl (C=O) groups excluding carboxylic acids is 2. The lowest BCUT2D eigenvalue weighted by molar-refractivity contribution is -0.131. The van der Waals surface area contributed by atoms with E-state index in [9.17, 15) is 22.4 Å². The molecule has 7 nitrogen and oxygen atoms in total. The van der Waals surface area contributed by atoms with Gasteiger partial charge >= 0.3 is 0 Å². The van der Waals surface area contributed by atoms with Crippen LogP contribution in [0.25, 0.3) is 0 Å². The minimum absolute atomic E-state index is 0.0000892. The molecule has 2 amide bonds. The third kappa shape index (κ3) is 8.33. The molecule has 180 valence electrons. The highest BCUT2D eigenvalue weighted by molar-refractivity contribution is 7.89. The average molecular weight is 490 g/mol. The molecule has 0 aliphatic heterocycles. The van der Waals surface area contributed by atoms with Gasteiger partial charge in [0.1, 0.15) is 16.8 Å². The van der Waals surface area contributed by atoms with Gasteiger partial charge in [0, 0.05) is 19.0 Å². The third-order valence-electron chi connectivity index (χ3n) is 5.44. The van der Waals surface area contributed by atoms with Crippen LogP contribution in [0.15, 0.2) is 23.1 Å². The molecule has 0 radical (unpaired) electrons. The second kappa shape index (κ2) is 12.5. The van der Waals surface area contributed by atoms with Gasteiger partial charge in [0.05, 0.1) is 5.02 Å². The number of nitrogens with one attached hydrogen (secondary N) is 3. The molecular formula is C22H33ClFN3O4S. The first kappa shape index (κ1) is 26.5. The first-order valence-electron chi connectivity index (χ1n) is 11.1. The zero-order valence-electron chi connectivity index (χ0n) is 18.6. The van der Waals surface area contributed by atoms with E-state index in [4.69, 9.17) is 11.6 Å². The summed E-state index contributed by atoms with van der Waals surface area (Å²) in [6, 6.07) is 2.54. The Morgan fingerprint density at radius 2 is 1.81 bits per heavy atom. The van der Waals surface area contributed by atoms with Gasteiger partial charge in [-0.1, -0.05) is 38.3 Å². The second-order valence-corrected chi connectivity index (χ2v) is 10.8. The summed E-state index contributed by atoms with van der Waals surface area (Å²) < 4.78 is 40.1. The molecule has 1 saturated carbocycles. The fourth-order valence-corrected chi connectivity index (χ4v) is 5.35. The van der Waals surface area contributed by atoms with Crippen molar-refractivity contribution in [3.63, 3.8) is 0 Å². The largest absolute Gasteiger partial charge is 0.354 e. The zero-order chi connectivity index (χ0) is 23.7. The van der Waals surface area contributed by atoms with Crippen LogP contribution in [0.2, 0.25) is 5.02 Å². The summed E-state index contributed by atoms with van der Waals surface area (Å²) in [6.45, 7) is 4.52. The van der Waals surface area contributed by atoms with E-state index in [1.54, 1.807) is 0 Å². The molecular weight excluding hydrogens is 457 g/mol. The Labute approximate surface area is 194 Å². The molecule has 0 spiro atoms. The van der Waals surface area contributed by atoms with E-state index >= 15 is 0 Å². The molecule has 0 saturated heterocycles. The van der Waals surface area contributed by atoms with Gasteiger partial charge < -0.3 is 10.6 Å². The van der Waals surface area contributed by atoms with Crippen molar-refractivity contribution < 1.29 is 22.4 Å². The third-order valence-corrected chi connectivity index (χ3v) is 7.39. The van der Waals surface area contributed by atoms with Crippen LogP contribution in [-0.4, -0.2) is 39.4 Å². The molecule has 1 aliphatic rings. The summed E-state index contributed by atoms with van der Waals surface area (Å²) in [6.07, 6.45) is 5.45. The van der Waals surface area contributed by atoms with E-state index in [1.165, 1.54) is 0 Å². The number of benzene rings is 1. The Balaban J connectivity index is 1.74. The number of unbranched alkanes of at least 4 members (excludes halogenated alkanes) is 1. The molecule has 1 aromatic carbocycles. The van der Waals surface area contributed by atoms with Crippen LogP contribution in [0.4, 0.5) is 4.39 Å². The highest BCUT2D eigenvalue weighted by Gasteiger charge is 2.28. The van der Waals surface area contributed by atoms with Crippen molar-refractivity contribution in [2.45, 2.75) is 69.7 Å². The predicted octanol–water partition coefficient (Wildman–Crippen LogP) is 3.37. The number of carbonyl (C=O) groups is 2. The van der Waals surface area contributed by atoms with Crippen molar-refractivity contribution in [1.82, 2.24) is 15.4 Å². The first-order chi connectivity index (χ1) is 15.1. The lowest BCUT2D eigenvalue weighted by Crippen LogP contribution is -2.49. The molecule has 0 heterocycles. The highest BCUT2D eigenvalue weighted by atomic mass is 35.5. The molecule has 3 N–H and O–H groups in total. The maximum atomic E-state index is 13.1.